The number of benzene rings is 2. The van der Waals surface area contributed by atoms with Crippen molar-refractivity contribution in [3.8, 4) is 0 Å². The smallest absolute Gasteiger partial charge is 0.493 e. The molecule has 3 heteroatoms. The van der Waals surface area contributed by atoms with Gasteiger partial charge in [-0.1, -0.05) is 365 Å². The second-order valence-corrected chi connectivity index (χ2v) is 28.2. The van der Waals surface area contributed by atoms with Crippen LogP contribution in [0.2, 0.25) is 0 Å². The molecular weight excluding hydrogens is 1190 g/mol. The van der Waals surface area contributed by atoms with Crippen LogP contribution in [0.5, 0.6) is 0 Å². The van der Waals surface area contributed by atoms with Crippen molar-refractivity contribution in [2.24, 2.45) is 0 Å². The standard InChI is InChI=1S/C42H64N2.2C23H47.Pd/c1-9-17-21-22-26-40-39(25-20-12-4)41(35-27-31(13-5)37(23-18-10-2)32(14-6)28-35)44(43)42(40)36-29-33(15-7)38(24-19-11-3)34(16-8)30-36;2*1-3-5-7-9-11-13-15-17-19-21-23-22-20-18-16-14-12-10-8-6-4-2;/h27-30H,9-26H2,1-8H3;2*1,3-23H2,2H3;/q;2*-1;+2. The fourth-order valence-corrected chi connectivity index (χ4v) is 14.2. The zero-order chi connectivity index (χ0) is 65.8. The van der Waals surface area contributed by atoms with Gasteiger partial charge in [-0.2, -0.15) is 12.8 Å². The predicted octanol–water partition coefficient (Wildman–Crippen LogP) is 31.0. The molecule has 91 heavy (non-hydrogen) atoms. The van der Waals surface area contributed by atoms with Gasteiger partial charge in [-0.05, 0) is 135 Å². The van der Waals surface area contributed by atoms with Crippen molar-refractivity contribution >= 4 is 11.4 Å². The maximum Gasteiger partial charge on any atom is 2.00 e. The molecule has 1 aliphatic heterocycles. The van der Waals surface area contributed by atoms with Crippen molar-refractivity contribution in [2.45, 2.75) is 454 Å². The normalized spacial score (nSPS) is 12.2. The van der Waals surface area contributed by atoms with Crippen molar-refractivity contribution in [1.29, 1.82) is 0 Å². The Bertz CT molecular complexity index is 1890. The summed E-state index contributed by atoms with van der Waals surface area (Å²) in [7, 11) is 0. The van der Waals surface area contributed by atoms with E-state index in [-0.39, 0.29) is 20.4 Å². The van der Waals surface area contributed by atoms with E-state index in [0.29, 0.717) is 0 Å². The van der Waals surface area contributed by atoms with Crippen LogP contribution in [0, 0.1) is 13.8 Å². The van der Waals surface area contributed by atoms with Crippen LogP contribution < -0.4 is 0 Å². The molecule has 1 aliphatic rings. The van der Waals surface area contributed by atoms with Gasteiger partial charge >= 0.3 is 20.4 Å². The van der Waals surface area contributed by atoms with Crippen LogP contribution in [0.15, 0.2) is 35.4 Å². The quantitative estimate of drug-likeness (QED) is 0.0273. The van der Waals surface area contributed by atoms with Gasteiger partial charge in [0, 0.05) is 22.3 Å². The zero-order valence-electron chi connectivity index (χ0n) is 63.4. The van der Waals surface area contributed by atoms with Crippen LogP contribution in [-0.4, -0.2) is 4.70 Å². The summed E-state index contributed by atoms with van der Waals surface area (Å²) in [5, 5.41) is 0. The van der Waals surface area contributed by atoms with Crippen LogP contribution in [0.1, 0.15) is 460 Å². The summed E-state index contributed by atoms with van der Waals surface area (Å²) in [6, 6.07) is 9.71. The Labute approximate surface area is 586 Å². The van der Waals surface area contributed by atoms with Gasteiger partial charge in [0.15, 0.2) is 0 Å². The topological polar surface area (TPSA) is 25.3 Å². The first kappa shape index (κ1) is 89.2. The minimum atomic E-state index is 0. The Kier molecular flexibility index (Phi) is 64.2. The van der Waals surface area contributed by atoms with Gasteiger partial charge in [-0.25, -0.2) is 4.70 Å². The Morgan fingerprint density at radius 3 is 0.648 bits per heavy atom. The number of hydrogen-bond donors (Lipinski definition) is 0. The average molecular weight is 1350 g/mol. The second-order valence-electron chi connectivity index (χ2n) is 28.2. The third-order valence-corrected chi connectivity index (χ3v) is 20.1. The van der Waals surface area contributed by atoms with E-state index in [9.17, 15) is 5.53 Å². The summed E-state index contributed by atoms with van der Waals surface area (Å²) >= 11 is 0. The van der Waals surface area contributed by atoms with Crippen LogP contribution >= 0.6 is 0 Å². The Balaban J connectivity index is 0.00000146. The minimum Gasteiger partial charge on any atom is -0.493 e. The number of aryl methyl sites for hydroxylation is 4. The van der Waals surface area contributed by atoms with Gasteiger partial charge in [-0.3, -0.25) is 0 Å². The summed E-state index contributed by atoms with van der Waals surface area (Å²) in [5.74, 6) is 0. The molecule has 0 amide bonds. The summed E-state index contributed by atoms with van der Waals surface area (Å²) in [6.45, 7) is 30.8. The van der Waals surface area contributed by atoms with Crippen molar-refractivity contribution in [3.63, 3.8) is 0 Å². The molecule has 3 rings (SSSR count). The van der Waals surface area contributed by atoms with Crippen LogP contribution in [0.4, 0.5) is 0 Å². The Morgan fingerprint density at radius 1 is 0.253 bits per heavy atom. The molecule has 0 atom stereocenters. The molecular formula is C88H158N2Pd. The maximum atomic E-state index is 12.4. The van der Waals surface area contributed by atoms with E-state index in [1.807, 2.05) is 0 Å². The first-order chi connectivity index (χ1) is 44.3. The maximum absolute atomic E-state index is 12.4. The molecule has 0 fully saturated rings. The molecule has 0 aliphatic carbocycles. The molecule has 2 aromatic rings. The Morgan fingerprint density at radius 2 is 0.440 bits per heavy atom. The van der Waals surface area contributed by atoms with Gasteiger partial charge in [0.2, 0.25) is 11.4 Å². The first-order valence-electron chi connectivity index (χ1n) is 41.1. The van der Waals surface area contributed by atoms with Crippen LogP contribution in [0.3, 0.4) is 0 Å². The summed E-state index contributed by atoms with van der Waals surface area (Å²) in [5.41, 5.74) is 28.6. The Hall–Kier alpha value is -1.82. The largest absolute Gasteiger partial charge is 2.00 e. The van der Waals surface area contributed by atoms with Gasteiger partial charge in [0.1, 0.15) is 0 Å². The molecule has 0 radical (unpaired) electrons. The summed E-state index contributed by atoms with van der Waals surface area (Å²) in [6.07, 6.45) is 81.2. The van der Waals surface area contributed by atoms with Gasteiger partial charge in [0.25, 0.3) is 0 Å². The number of allylic oxidation sites excluding steroid dienone is 2. The molecule has 0 unspecified atom stereocenters. The summed E-state index contributed by atoms with van der Waals surface area (Å²) in [4.78, 5) is 0. The summed E-state index contributed by atoms with van der Waals surface area (Å²) < 4.78 is 1.64. The third-order valence-electron chi connectivity index (χ3n) is 20.1. The number of nitrogens with zero attached hydrogens (tertiary/aromatic N) is 2. The van der Waals surface area contributed by atoms with Gasteiger partial charge in [0.05, 0.1) is 0 Å². The van der Waals surface area contributed by atoms with E-state index in [4.69, 9.17) is 0 Å². The molecule has 530 valence electrons. The van der Waals surface area contributed by atoms with Crippen molar-refractivity contribution in [3.05, 3.63) is 99.3 Å². The van der Waals surface area contributed by atoms with E-state index in [0.717, 1.165) is 88.4 Å². The predicted molar refractivity (Wildman–Crippen MR) is 409 cm³/mol. The number of rotatable bonds is 60. The van der Waals surface area contributed by atoms with Crippen molar-refractivity contribution < 1.29 is 25.1 Å². The fraction of sp³-hybridized carbons (Fsp3) is 0.795. The molecule has 0 spiro atoms. The van der Waals surface area contributed by atoms with Crippen molar-refractivity contribution in [2.75, 3.05) is 0 Å². The molecule has 0 aromatic heterocycles. The molecule has 0 saturated heterocycles. The monoisotopic (exact) mass is 1350 g/mol. The SMILES string of the molecule is CCCCCCC1=C(c2cc(CC)c(CCCC)c(CC)c2)[N+](=[N-])C(c2cc(CC)c(CCCC)c(CC)c2)=C1CCCC.[CH2-]CCCCCCCCCCCCCCCCCCCCCC.[CH2-]CCCCCCCCCCCCCCCCCCCCCC.[Pd+2]. The fourth-order valence-electron chi connectivity index (χ4n) is 14.2. The second kappa shape index (κ2) is 65.5. The van der Waals surface area contributed by atoms with Crippen molar-refractivity contribution in [1.82, 2.24) is 0 Å². The minimum absolute atomic E-state index is 0. The van der Waals surface area contributed by atoms with Gasteiger partial charge in [-0.15, -0.1) is 0 Å². The molecule has 2 nitrogen and oxygen atoms in total. The third kappa shape index (κ3) is 42.5. The van der Waals surface area contributed by atoms with E-state index in [1.54, 1.807) is 15.8 Å². The van der Waals surface area contributed by atoms with E-state index in [1.165, 1.54) is 353 Å². The van der Waals surface area contributed by atoms with Crippen LogP contribution in [0.25, 0.3) is 16.9 Å². The molecule has 0 bridgehead atoms. The number of hydrogen-bond acceptors (Lipinski definition) is 0. The molecule has 0 N–H and O–H groups in total. The van der Waals surface area contributed by atoms with E-state index >= 15 is 0 Å². The van der Waals surface area contributed by atoms with Gasteiger partial charge < -0.3 is 19.4 Å². The average Bonchev–Trinajstić information content (AvgIpc) is 1.63. The first-order valence-corrected chi connectivity index (χ1v) is 41.1. The van der Waals surface area contributed by atoms with E-state index < -0.39 is 0 Å². The molecule has 0 saturated carbocycles. The zero-order valence-corrected chi connectivity index (χ0v) is 64.9. The number of unbranched alkanes of at least 4 members (excludes halogenated alkanes) is 46. The molecule has 1 heterocycles. The van der Waals surface area contributed by atoms with E-state index in [2.05, 4.69) is 107 Å². The molecule has 2 aromatic carbocycles. The van der Waals surface area contributed by atoms with Crippen LogP contribution in [-0.2, 0) is 58.9 Å².